The average molecular weight is 1060 g/mol. The van der Waals surface area contributed by atoms with E-state index in [2.05, 4.69) is 81.5 Å². The highest BCUT2D eigenvalue weighted by molar-refractivity contribution is 5.71. The van der Waals surface area contributed by atoms with Gasteiger partial charge in [0.05, 0.1) is 0 Å². The lowest BCUT2D eigenvalue weighted by atomic mass is 10.0. The summed E-state index contributed by atoms with van der Waals surface area (Å²) in [6, 6.07) is 0. The molecule has 0 aromatic heterocycles. The lowest BCUT2D eigenvalue weighted by Crippen LogP contribution is -2.30. The van der Waals surface area contributed by atoms with E-state index in [1.54, 1.807) is 0 Å². The third kappa shape index (κ3) is 62.0. The maximum absolute atomic E-state index is 12.9. The SMILES string of the molecule is CC/C=C\C/C=C\C/C=C\C/C=C\C/C=C\CCCCCCCCCCCCCC(=O)OCC(COC(=O)CCCCCCCCCCCCCCC)OC(=O)CCCCCCCCCCCCCCCCCCCC. The quantitative estimate of drug-likeness (QED) is 0.0261. The summed E-state index contributed by atoms with van der Waals surface area (Å²) >= 11 is 0. The van der Waals surface area contributed by atoms with Crippen molar-refractivity contribution in [1.29, 1.82) is 0 Å². The minimum absolute atomic E-state index is 0.0689. The molecule has 0 aromatic carbocycles. The number of ether oxygens (including phenoxy) is 3. The van der Waals surface area contributed by atoms with Gasteiger partial charge >= 0.3 is 17.9 Å². The molecule has 6 nitrogen and oxygen atoms in total. The summed E-state index contributed by atoms with van der Waals surface area (Å²) in [5.74, 6) is -0.849. The summed E-state index contributed by atoms with van der Waals surface area (Å²) in [6.45, 7) is 6.58. The Bertz CT molecular complexity index is 1360. The molecule has 0 aliphatic heterocycles. The first-order valence-electron chi connectivity index (χ1n) is 33.3. The normalized spacial score (nSPS) is 12.4. The van der Waals surface area contributed by atoms with Gasteiger partial charge in [-0.2, -0.15) is 0 Å². The smallest absolute Gasteiger partial charge is 0.306 e. The highest BCUT2D eigenvalue weighted by Gasteiger charge is 2.19. The zero-order valence-electron chi connectivity index (χ0n) is 50.8. The van der Waals surface area contributed by atoms with Crippen LogP contribution in [-0.2, 0) is 28.6 Å². The minimum Gasteiger partial charge on any atom is -0.462 e. The fourth-order valence-corrected chi connectivity index (χ4v) is 9.83. The highest BCUT2D eigenvalue weighted by Crippen LogP contribution is 2.18. The van der Waals surface area contributed by atoms with Crippen LogP contribution in [0.1, 0.15) is 348 Å². The number of hydrogen-bond acceptors (Lipinski definition) is 6. The van der Waals surface area contributed by atoms with Gasteiger partial charge in [-0.25, -0.2) is 0 Å². The summed E-state index contributed by atoms with van der Waals surface area (Å²) in [5.41, 5.74) is 0. The molecule has 0 aliphatic rings. The van der Waals surface area contributed by atoms with Crippen LogP contribution in [-0.4, -0.2) is 37.2 Å². The lowest BCUT2D eigenvalue weighted by molar-refractivity contribution is -0.167. The molecule has 1 unspecified atom stereocenters. The van der Waals surface area contributed by atoms with E-state index in [0.717, 1.165) is 89.9 Å². The zero-order chi connectivity index (χ0) is 55.0. The van der Waals surface area contributed by atoms with Crippen molar-refractivity contribution in [2.75, 3.05) is 13.2 Å². The van der Waals surface area contributed by atoms with Crippen molar-refractivity contribution >= 4 is 17.9 Å². The van der Waals surface area contributed by atoms with Crippen LogP contribution in [0.15, 0.2) is 60.8 Å². The number of hydrogen-bond donors (Lipinski definition) is 0. The first-order valence-corrected chi connectivity index (χ1v) is 33.3. The molecule has 0 heterocycles. The van der Waals surface area contributed by atoms with E-state index in [4.69, 9.17) is 14.2 Å². The second-order valence-electron chi connectivity index (χ2n) is 22.4. The maximum Gasteiger partial charge on any atom is 0.306 e. The third-order valence-corrected chi connectivity index (χ3v) is 14.8. The zero-order valence-corrected chi connectivity index (χ0v) is 50.8. The Labute approximate surface area is 472 Å². The first-order chi connectivity index (χ1) is 37.5. The van der Waals surface area contributed by atoms with Crippen molar-refractivity contribution < 1.29 is 28.6 Å². The molecule has 0 bridgehead atoms. The predicted molar refractivity (Wildman–Crippen MR) is 330 cm³/mol. The largest absolute Gasteiger partial charge is 0.462 e. The minimum atomic E-state index is -0.772. The van der Waals surface area contributed by atoms with Gasteiger partial charge in [-0.15, -0.1) is 0 Å². The molecule has 1 atom stereocenters. The monoisotopic (exact) mass is 1060 g/mol. The fourth-order valence-electron chi connectivity index (χ4n) is 9.83. The van der Waals surface area contributed by atoms with Crippen molar-refractivity contribution in [3.8, 4) is 0 Å². The molecule has 76 heavy (non-hydrogen) atoms. The summed E-state index contributed by atoms with van der Waals surface area (Å²) in [5, 5.41) is 0. The van der Waals surface area contributed by atoms with Crippen molar-refractivity contribution in [3.63, 3.8) is 0 Å². The molecule has 0 aromatic rings. The third-order valence-electron chi connectivity index (χ3n) is 14.8. The van der Waals surface area contributed by atoms with E-state index >= 15 is 0 Å². The van der Waals surface area contributed by atoms with Gasteiger partial charge in [-0.3, -0.25) is 14.4 Å². The number of rotatable bonds is 61. The van der Waals surface area contributed by atoms with Gasteiger partial charge in [0.15, 0.2) is 6.10 Å². The molecule has 0 spiro atoms. The Hall–Kier alpha value is -2.89. The number of carbonyl (C=O) groups is 3. The molecule has 0 radical (unpaired) electrons. The molecule has 0 fully saturated rings. The molecule has 0 N–H and O–H groups in total. The van der Waals surface area contributed by atoms with Crippen LogP contribution in [0, 0.1) is 0 Å². The summed E-state index contributed by atoms with van der Waals surface area (Å²) in [6.07, 6.45) is 82.3. The van der Waals surface area contributed by atoms with Gasteiger partial charge in [0.1, 0.15) is 13.2 Å². The predicted octanol–water partition coefficient (Wildman–Crippen LogP) is 22.7. The number of allylic oxidation sites excluding steroid dienone is 10. The Balaban J connectivity index is 4.25. The summed E-state index contributed by atoms with van der Waals surface area (Å²) in [7, 11) is 0. The number of esters is 3. The Morgan fingerprint density at radius 3 is 0.803 bits per heavy atom. The fraction of sp³-hybridized carbons (Fsp3) is 0.814. The average Bonchev–Trinajstić information content (AvgIpc) is 3.42. The van der Waals surface area contributed by atoms with Crippen LogP contribution in [0.2, 0.25) is 0 Å². The molecule has 442 valence electrons. The summed E-state index contributed by atoms with van der Waals surface area (Å²) in [4.78, 5) is 38.3. The van der Waals surface area contributed by atoms with E-state index in [-0.39, 0.29) is 31.1 Å². The molecule has 0 amide bonds. The molecule has 0 rings (SSSR count). The van der Waals surface area contributed by atoms with Gasteiger partial charge in [0.25, 0.3) is 0 Å². The molecular weight excluding hydrogens is 937 g/mol. The van der Waals surface area contributed by atoms with Gasteiger partial charge in [-0.05, 0) is 64.2 Å². The van der Waals surface area contributed by atoms with Crippen molar-refractivity contribution in [1.82, 2.24) is 0 Å². The van der Waals surface area contributed by atoms with E-state index in [9.17, 15) is 14.4 Å². The summed E-state index contributed by atoms with van der Waals surface area (Å²) < 4.78 is 17.0. The van der Waals surface area contributed by atoms with Crippen LogP contribution >= 0.6 is 0 Å². The van der Waals surface area contributed by atoms with Gasteiger partial charge < -0.3 is 14.2 Å². The second kappa shape index (κ2) is 64.6. The molecule has 0 saturated carbocycles. The van der Waals surface area contributed by atoms with Crippen LogP contribution < -0.4 is 0 Å². The van der Waals surface area contributed by atoms with Crippen LogP contribution in [0.4, 0.5) is 0 Å². The van der Waals surface area contributed by atoms with Crippen LogP contribution in [0.25, 0.3) is 0 Å². The highest BCUT2D eigenvalue weighted by atomic mass is 16.6. The Morgan fingerprint density at radius 2 is 0.513 bits per heavy atom. The first kappa shape index (κ1) is 73.1. The van der Waals surface area contributed by atoms with Crippen LogP contribution in [0.3, 0.4) is 0 Å². The van der Waals surface area contributed by atoms with Crippen molar-refractivity contribution in [3.05, 3.63) is 60.8 Å². The van der Waals surface area contributed by atoms with E-state index in [1.807, 2.05) is 0 Å². The second-order valence-corrected chi connectivity index (χ2v) is 22.4. The van der Waals surface area contributed by atoms with Gasteiger partial charge in [0, 0.05) is 19.3 Å². The van der Waals surface area contributed by atoms with Gasteiger partial charge in [-0.1, -0.05) is 326 Å². The standard InChI is InChI=1S/C70H126O6/c1-4-7-10-13-16-19-22-25-27-29-31-32-33-34-35-36-37-38-39-41-42-45-48-51-54-57-60-63-69(72)75-66-67(65-74-68(71)62-59-56-53-50-47-44-24-21-18-15-12-9-6-3)76-70(73)64-61-58-55-52-49-46-43-40-30-28-26-23-20-17-14-11-8-5-2/h7,10,16,19,25,27,31-32,34-35,67H,4-6,8-9,11-15,17-18,20-24,26,28-30,33,36-66H2,1-3H3/b10-7-,19-16-,27-25-,32-31-,35-34-. The Kier molecular flexibility index (Phi) is 62.2. The molecule has 0 aliphatic carbocycles. The molecule has 0 saturated heterocycles. The van der Waals surface area contributed by atoms with E-state index in [0.29, 0.717) is 19.3 Å². The number of carbonyl (C=O) groups excluding carboxylic acids is 3. The van der Waals surface area contributed by atoms with Crippen molar-refractivity contribution in [2.24, 2.45) is 0 Å². The molecular formula is C70H126O6. The number of unbranched alkanes of at least 4 members (excludes halogenated alkanes) is 40. The van der Waals surface area contributed by atoms with Crippen molar-refractivity contribution in [2.45, 2.75) is 354 Å². The van der Waals surface area contributed by atoms with E-state index < -0.39 is 6.10 Å². The van der Waals surface area contributed by atoms with Gasteiger partial charge in [0.2, 0.25) is 0 Å². The van der Waals surface area contributed by atoms with E-state index in [1.165, 1.54) is 218 Å². The maximum atomic E-state index is 12.9. The molecule has 6 heteroatoms. The van der Waals surface area contributed by atoms with Crippen LogP contribution in [0.5, 0.6) is 0 Å². The Morgan fingerprint density at radius 1 is 0.276 bits per heavy atom. The topological polar surface area (TPSA) is 78.9 Å². The lowest BCUT2D eigenvalue weighted by Gasteiger charge is -2.18.